The normalized spacial score (nSPS) is 19.1. The standard InChI is InChI=1S/C21H25N3O2/c1-23-12-16-7-4-3-6-14(16)10-17(23)13-24(2)21(26)18-11-15-8-5-9-19(15)22-20(18)25/h3-4,6-7,11,17H,5,8-10,12-13H2,1-2H3,(H,22,25)/t17-/m0/s1. The fourth-order valence-electron chi connectivity index (χ4n) is 4.20. The molecule has 26 heavy (non-hydrogen) atoms. The Balaban J connectivity index is 1.51. The fraction of sp³-hybridized carbons (Fsp3) is 0.429. The van der Waals surface area contributed by atoms with Crippen LogP contribution in [0, 0.1) is 0 Å². The molecule has 0 saturated carbocycles. The van der Waals surface area contributed by atoms with Crippen LogP contribution in [0.1, 0.15) is 39.2 Å². The molecular weight excluding hydrogens is 326 g/mol. The van der Waals surface area contributed by atoms with Crippen molar-refractivity contribution in [1.82, 2.24) is 14.8 Å². The van der Waals surface area contributed by atoms with E-state index in [0.29, 0.717) is 6.54 Å². The molecule has 0 saturated heterocycles. The molecule has 2 heterocycles. The summed E-state index contributed by atoms with van der Waals surface area (Å²) in [5.74, 6) is -0.187. The van der Waals surface area contributed by atoms with Crippen LogP contribution in [0.15, 0.2) is 35.1 Å². The van der Waals surface area contributed by atoms with Crippen LogP contribution in [0.4, 0.5) is 0 Å². The first-order chi connectivity index (χ1) is 12.5. The van der Waals surface area contributed by atoms with Gasteiger partial charge >= 0.3 is 0 Å². The van der Waals surface area contributed by atoms with Crippen molar-refractivity contribution in [3.63, 3.8) is 0 Å². The van der Waals surface area contributed by atoms with Gasteiger partial charge in [-0.3, -0.25) is 14.5 Å². The highest BCUT2D eigenvalue weighted by Crippen LogP contribution is 2.23. The van der Waals surface area contributed by atoms with Crippen molar-refractivity contribution in [2.75, 3.05) is 20.6 Å². The molecule has 136 valence electrons. The lowest BCUT2D eigenvalue weighted by Crippen LogP contribution is -2.46. The first kappa shape index (κ1) is 17.0. The smallest absolute Gasteiger partial charge is 0.261 e. The molecule has 1 aromatic carbocycles. The lowest BCUT2D eigenvalue weighted by atomic mass is 9.94. The van der Waals surface area contributed by atoms with Crippen LogP contribution in [-0.4, -0.2) is 47.4 Å². The van der Waals surface area contributed by atoms with Gasteiger partial charge in [-0.25, -0.2) is 0 Å². The fourth-order valence-corrected chi connectivity index (χ4v) is 4.20. The number of aromatic amines is 1. The van der Waals surface area contributed by atoms with Crippen LogP contribution in [0.5, 0.6) is 0 Å². The number of benzene rings is 1. The van der Waals surface area contributed by atoms with Gasteiger partial charge in [0.05, 0.1) is 0 Å². The summed E-state index contributed by atoms with van der Waals surface area (Å²) in [4.78, 5) is 32.1. The van der Waals surface area contributed by atoms with Gasteiger partial charge in [-0.15, -0.1) is 0 Å². The number of aryl methyl sites for hydroxylation is 2. The minimum absolute atomic E-state index is 0.187. The summed E-state index contributed by atoms with van der Waals surface area (Å²) in [5.41, 5.74) is 4.84. The Morgan fingerprint density at radius 3 is 2.81 bits per heavy atom. The zero-order valence-corrected chi connectivity index (χ0v) is 15.4. The molecule has 2 aromatic rings. The molecule has 1 amide bonds. The van der Waals surface area contributed by atoms with Crippen LogP contribution >= 0.6 is 0 Å². The molecule has 5 heteroatoms. The molecule has 0 fully saturated rings. The highest BCUT2D eigenvalue weighted by atomic mass is 16.2. The number of amides is 1. The summed E-state index contributed by atoms with van der Waals surface area (Å²) in [5, 5.41) is 0. The highest BCUT2D eigenvalue weighted by molar-refractivity contribution is 5.94. The van der Waals surface area contributed by atoms with Gasteiger partial charge < -0.3 is 9.88 Å². The van der Waals surface area contributed by atoms with Gasteiger partial charge in [0.2, 0.25) is 0 Å². The number of fused-ring (bicyclic) bond motifs is 2. The molecule has 1 N–H and O–H groups in total. The third-order valence-corrected chi connectivity index (χ3v) is 5.77. The van der Waals surface area contributed by atoms with E-state index < -0.39 is 0 Å². The second-order valence-electron chi connectivity index (χ2n) is 7.60. The number of hydrogen-bond donors (Lipinski definition) is 1. The van der Waals surface area contributed by atoms with Gasteiger partial charge in [0.25, 0.3) is 11.5 Å². The Bertz CT molecular complexity index is 902. The first-order valence-electron chi connectivity index (χ1n) is 9.30. The van der Waals surface area contributed by atoms with Crippen molar-refractivity contribution in [2.24, 2.45) is 0 Å². The van der Waals surface area contributed by atoms with Crippen LogP contribution < -0.4 is 5.56 Å². The number of aromatic nitrogens is 1. The lowest BCUT2D eigenvalue weighted by molar-refractivity contribution is 0.0731. The lowest BCUT2D eigenvalue weighted by Gasteiger charge is -2.36. The average molecular weight is 351 g/mol. The van der Waals surface area contributed by atoms with E-state index in [1.54, 1.807) is 18.0 Å². The molecular formula is C21H25N3O2. The second kappa shape index (κ2) is 6.72. The monoisotopic (exact) mass is 351 g/mol. The molecule has 0 radical (unpaired) electrons. The Morgan fingerprint density at radius 1 is 1.23 bits per heavy atom. The van der Waals surface area contributed by atoms with Crippen molar-refractivity contribution < 1.29 is 4.79 Å². The molecule has 5 nitrogen and oxygen atoms in total. The van der Waals surface area contributed by atoms with Gasteiger partial charge in [-0.1, -0.05) is 24.3 Å². The number of carbonyl (C=O) groups is 1. The van der Waals surface area contributed by atoms with Crippen molar-refractivity contribution in [3.05, 3.63) is 68.6 Å². The molecule has 1 aliphatic carbocycles. The maximum atomic E-state index is 12.9. The van der Waals surface area contributed by atoms with E-state index in [0.717, 1.165) is 43.5 Å². The minimum Gasteiger partial charge on any atom is -0.340 e. The van der Waals surface area contributed by atoms with Crippen molar-refractivity contribution in [2.45, 2.75) is 38.3 Å². The number of carbonyl (C=O) groups excluding carboxylic acids is 1. The van der Waals surface area contributed by atoms with E-state index >= 15 is 0 Å². The van der Waals surface area contributed by atoms with E-state index in [1.807, 2.05) is 0 Å². The SMILES string of the molecule is CN(C[C@@H]1Cc2ccccc2CN1C)C(=O)c1cc2c([nH]c1=O)CCC2. The summed E-state index contributed by atoms with van der Waals surface area (Å²) in [6, 6.07) is 10.5. The maximum absolute atomic E-state index is 12.9. The van der Waals surface area contributed by atoms with Crippen molar-refractivity contribution >= 4 is 5.91 Å². The molecule has 2 aliphatic rings. The zero-order chi connectivity index (χ0) is 18.3. The number of hydrogen-bond acceptors (Lipinski definition) is 3. The number of nitrogens with one attached hydrogen (secondary N) is 1. The molecule has 4 rings (SSSR count). The van der Waals surface area contributed by atoms with Gasteiger partial charge in [0.1, 0.15) is 5.56 Å². The number of likely N-dealkylation sites (N-methyl/N-ethyl adjacent to an activating group) is 2. The summed E-state index contributed by atoms with van der Waals surface area (Å²) in [6.07, 6.45) is 3.81. The molecule has 0 bridgehead atoms. The minimum atomic E-state index is -0.259. The van der Waals surface area contributed by atoms with Gasteiger partial charge in [-0.05, 0) is 55.5 Å². The van der Waals surface area contributed by atoms with Gasteiger partial charge in [0.15, 0.2) is 0 Å². The van der Waals surface area contributed by atoms with Crippen LogP contribution in [0.2, 0.25) is 0 Å². The first-order valence-corrected chi connectivity index (χ1v) is 9.30. The van der Waals surface area contributed by atoms with Crippen molar-refractivity contribution in [3.8, 4) is 0 Å². The quantitative estimate of drug-likeness (QED) is 0.920. The maximum Gasteiger partial charge on any atom is 0.261 e. The Morgan fingerprint density at radius 2 is 2.00 bits per heavy atom. The van der Waals surface area contributed by atoms with Gasteiger partial charge in [0, 0.05) is 31.9 Å². The summed E-state index contributed by atoms with van der Waals surface area (Å²) in [7, 11) is 3.89. The van der Waals surface area contributed by atoms with Crippen LogP contribution in [0.25, 0.3) is 0 Å². The molecule has 1 aromatic heterocycles. The number of H-pyrrole nitrogens is 1. The number of pyridine rings is 1. The highest BCUT2D eigenvalue weighted by Gasteiger charge is 2.27. The Hall–Kier alpha value is -2.40. The van der Waals surface area contributed by atoms with E-state index in [1.165, 1.54) is 11.1 Å². The van der Waals surface area contributed by atoms with E-state index in [-0.39, 0.29) is 23.1 Å². The Kier molecular flexibility index (Phi) is 4.41. The predicted molar refractivity (Wildman–Crippen MR) is 101 cm³/mol. The summed E-state index contributed by atoms with van der Waals surface area (Å²) in [6.45, 7) is 1.50. The number of rotatable bonds is 3. The molecule has 1 atom stereocenters. The largest absolute Gasteiger partial charge is 0.340 e. The molecule has 1 aliphatic heterocycles. The Labute approximate surface area is 153 Å². The molecule has 0 unspecified atom stereocenters. The van der Waals surface area contributed by atoms with Crippen molar-refractivity contribution in [1.29, 1.82) is 0 Å². The third kappa shape index (κ3) is 3.07. The zero-order valence-electron chi connectivity index (χ0n) is 15.4. The molecule has 0 spiro atoms. The van der Waals surface area contributed by atoms with Crippen LogP contribution in [0.3, 0.4) is 0 Å². The van der Waals surface area contributed by atoms with E-state index in [9.17, 15) is 9.59 Å². The predicted octanol–water partition coefficient (Wildman–Crippen LogP) is 1.99. The van der Waals surface area contributed by atoms with Gasteiger partial charge in [-0.2, -0.15) is 0 Å². The summed E-state index contributed by atoms with van der Waals surface area (Å²) < 4.78 is 0. The second-order valence-corrected chi connectivity index (χ2v) is 7.60. The summed E-state index contributed by atoms with van der Waals surface area (Å²) >= 11 is 0. The number of nitrogens with zero attached hydrogens (tertiary/aromatic N) is 2. The van der Waals surface area contributed by atoms with Crippen LogP contribution in [-0.2, 0) is 25.8 Å². The van der Waals surface area contributed by atoms with E-state index in [2.05, 4.69) is 41.2 Å². The average Bonchev–Trinajstić information content (AvgIpc) is 3.08. The van der Waals surface area contributed by atoms with E-state index in [4.69, 9.17) is 0 Å². The third-order valence-electron chi connectivity index (χ3n) is 5.77. The topological polar surface area (TPSA) is 56.4 Å².